The molecule has 1 aliphatic heterocycles. The first-order valence-electron chi connectivity index (χ1n) is 9.11. The molecule has 2 heterocycles. The number of halogens is 3. The zero-order valence-electron chi connectivity index (χ0n) is 16.4. The minimum Gasteiger partial charge on any atom is -0.343 e. The van der Waals surface area contributed by atoms with Gasteiger partial charge >= 0.3 is 6.18 Å². The Morgan fingerprint density at radius 3 is 2.41 bits per heavy atom. The number of hydrogen-bond acceptors (Lipinski definition) is 5. The van der Waals surface area contributed by atoms with Crippen LogP contribution in [0.1, 0.15) is 37.7 Å². The van der Waals surface area contributed by atoms with Gasteiger partial charge in [0.1, 0.15) is 5.82 Å². The second-order valence-electron chi connectivity index (χ2n) is 7.76. The van der Waals surface area contributed by atoms with Gasteiger partial charge in [-0.05, 0) is 18.2 Å². The summed E-state index contributed by atoms with van der Waals surface area (Å²) in [5, 5.41) is 0.831. The highest BCUT2D eigenvalue weighted by Crippen LogP contribution is 2.29. The lowest BCUT2D eigenvalue weighted by molar-refractivity contribution is -0.137. The Kier molecular flexibility index (Phi) is 5.85. The van der Waals surface area contributed by atoms with Crippen molar-refractivity contribution in [1.29, 1.82) is 0 Å². The van der Waals surface area contributed by atoms with Crippen LogP contribution in [0.4, 0.5) is 18.3 Å². The topological polar surface area (TPSA) is 49.3 Å². The minimum atomic E-state index is -4.43. The van der Waals surface area contributed by atoms with Gasteiger partial charge in [0.25, 0.3) is 5.91 Å². The van der Waals surface area contributed by atoms with Gasteiger partial charge in [0, 0.05) is 54.6 Å². The molecule has 0 bridgehead atoms. The molecule has 0 spiro atoms. The Morgan fingerprint density at radius 1 is 1.14 bits per heavy atom. The summed E-state index contributed by atoms with van der Waals surface area (Å²) in [4.78, 5) is 20.6. The summed E-state index contributed by atoms with van der Waals surface area (Å²) in [5.41, 5.74) is -0.738. The quantitative estimate of drug-likeness (QED) is 0.660. The largest absolute Gasteiger partial charge is 0.416 e. The van der Waals surface area contributed by atoms with Gasteiger partial charge in [-0.15, -0.1) is 0 Å². The van der Waals surface area contributed by atoms with Crippen LogP contribution in [0.15, 0.2) is 24.3 Å². The number of nitrogens with zero attached hydrogens (tertiary/aromatic N) is 4. The molecule has 0 aliphatic carbocycles. The highest BCUT2D eigenvalue weighted by Gasteiger charge is 2.30. The summed E-state index contributed by atoms with van der Waals surface area (Å²) in [6.07, 6.45) is -4.43. The molecule has 154 valence electrons. The zero-order chi connectivity index (χ0) is 21.2. The van der Waals surface area contributed by atoms with Gasteiger partial charge in [0.05, 0.1) is 5.56 Å². The Bertz CT molecular complexity index is 945. The summed E-state index contributed by atoms with van der Waals surface area (Å²) >= 11 is 1.34. The van der Waals surface area contributed by atoms with Crippen LogP contribution in [0.25, 0.3) is 0 Å². The fourth-order valence-electron chi connectivity index (χ4n) is 2.73. The third-order valence-corrected chi connectivity index (χ3v) is 5.20. The van der Waals surface area contributed by atoms with Crippen LogP contribution in [-0.2, 0) is 16.4 Å². The molecule has 1 aromatic heterocycles. The molecule has 9 heteroatoms. The number of rotatable bonds is 1. The molecule has 1 aromatic carbocycles. The Hall–Kier alpha value is -2.60. The van der Waals surface area contributed by atoms with E-state index in [0.717, 1.165) is 23.1 Å². The minimum absolute atomic E-state index is 0.119. The monoisotopic (exact) mass is 422 g/mol. The van der Waals surface area contributed by atoms with E-state index < -0.39 is 17.6 Å². The molecular weight excluding hydrogens is 401 g/mol. The van der Waals surface area contributed by atoms with E-state index in [4.69, 9.17) is 0 Å². The van der Waals surface area contributed by atoms with Crippen molar-refractivity contribution in [3.05, 3.63) is 41.2 Å². The molecule has 5 nitrogen and oxygen atoms in total. The van der Waals surface area contributed by atoms with Crippen LogP contribution in [-0.4, -0.2) is 46.3 Å². The molecule has 3 rings (SSSR count). The van der Waals surface area contributed by atoms with Gasteiger partial charge < -0.3 is 9.80 Å². The lowest BCUT2D eigenvalue weighted by Crippen LogP contribution is -2.48. The van der Waals surface area contributed by atoms with E-state index >= 15 is 0 Å². The van der Waals surface area contributed by atoms with Crippen molar-refractivity contribution >= 4 is 22.6 Å². The predicted octanol–water partition coefficient (Wildman–Crippen LogP) is 3.55. The molecule has 0 N–H and O–H groups in total. The van der Waals surface area contributed by atoms with Gasteiger partial charge in [0.15, 0.2) is 0 Å². The third-order valence-electron chi connectivity index (χ3n) is 4.43. The van der Waals surface area contributed by atoms with E-state index in [1.165, 1.54) is 23.7 Å². The number of aromatic nitrogens is 2. The highest BCUT2D eigenvalue weighted by atomic mass is 32.1. The van der Waals surface area contributed by atoms with E-state index in [2.05, 4.69) is 46.9 Å². The smallest absolute Gasteiger partial charge is 0.343 e. The number of benzene rings is 1. The Balaban J connectivity index is 1.60. The standard InChI is InChI=1S/C20H21F3N4OS/c1-19(2,3)17-24-18(29-25-17)27-11-9-26(10-12-27)16(28)8-7-14-5-4-6-15(13-14)20(21,22)23/h4-6,13H,9-12H2,1-3H3. The van der Waals surface area contributed by atoms with Gasteiger partial charge in [-0.1, -0.05) is 32.8 Å². The molecule has 2 aromatic rings. The van der Waals surface area contributed by atoms with Gasteiger partial charge in [-0.3, -0.25) is 4.79 Å². The fraction of sp³-hybridized carbons (Fsp3) is 0.450. The molecule has 29 heavy (non-hydrogen) atoms. The van der Waals surface area contributed by atoms with E-state index in [9.17, 15) is 18.0 Å². The van der Waals surface area contributed by atoms with Crippen molar-refractivity contribution < 1.29 is 18.0 Å². The van der Waals surface area contributed by atoms with Crippen LogP contribution < -0.4 is 4.90 Å². The number of piperazine rings is 1. The molecule has 1 amide bonds. The molecule has 0 saturated carbocycles. The predicted molar refractivity (Wildman–Crippen MR) is 106 cm³/mol. The van der Waals surface area contributed by atoms with Gasteiger partial charge in [-0.2, -0.15) is 17.5 Å². The molecule has 0 radical (unpaired) electrons. The molecular formula is C20H21F3N4OS. The lowest BCUT2D eigenvalue weighted by atomic mass is 9.96. The molecule has 0 atom stereocenters. The lowest BCUT2D eigenvalue weighted by Gasteiger charge is -2.33. The zero-order valence-corrected chi connectivity index (χ0v) is 17.2. The Morgan fingerprint density at radius 2 is 1.83 bits per heavy atom. The van der Waals surface area contributed by atoms with Crippen LogP contribution in [0.2, 0.25) is 0 Å². The van der Waals surface area contributed by atoms with Crippen molar-refractivity contribution in [3.8, 4) is 11.8 Å². The van der Waals surface area contributed by atoms with E-state index in [1.54, 1.807) is 4.90 Å². The van der Waals surface area contributed by atoms with Gasteiger partial charge in [0.2, 0.25) is 5.13 Å². The number of amides is 1. The second kappa shape index (κ2) is 8.03. The Labute approximate surface area is 171 Å². The average Bonchev–Trinajstić information content (AvgIpc) is 3.16. The molecule has 1 fully saturated rings. The number of carbonyl (C=O) groups excluding carboxylic acids is 1. The average molecular weight is 422 g/mol. The second-order valence-corrected chi connectivity index (χ2v) is 8.49. The number of anilines is 1. The first-order valence-corrected chi connectivity index (χ1v) is 9.89. The maximum atomic E-state index is 12.8. The third kappa shape index (κ3) is 5.26. The van der Waals surface area contributed by atoms with Crippen LogP contribution >= 0.6 is 11.5 Å². The van der Waals surface area contributed by atoms with Crippen molar-refractivity contribution in [2.75, 3.05) is 31.1 Å². The molecule has 0 unspecified atom stereocenters. The van der Waals surface area contributed by atoms with E-state index in [1.807, 2.05) is 0 Å². The maximum absolute atomic E-state index is 12.8. The van der Waals surface area contributed by atoms with Crippen molar-refractivity contribution in [2.45, 2.75) is 32.4 Å². The summed E-state index contributed by atoms with van der Waals surface area (Å²) in [6.45, 7) is 8.32. The first-order chi connectivity index (χ1) is 13.5. The number of carbonyl (C=O) groups is 1. The van der Waals surface area contributed by atoms with E-state index in [-0.39, 0.29) is 11.0 Å². The fourth-order valence-corrected chi connectivity index (χ4v) is 3.64. The van der Waals surface area contributed by atoms with Crippen LogP contribution in [0.3, 0.4) is 0 Å². The summed E-state index contributed by atoms with van der Waals surface area (Å²) < 4.78 is 42.7. The SMILES string of the molecule is CC(C)(C)c1nsc(N2CCN(C(=O)C#Cc3cccc(C(F)(F)F)c3)CC2)n1. The molecule has 1 aliphatic rings. The number of alkyl halides is 3. The maximum Gasteiger partial charge on any atom is 0.416 e. The van der Waals surface area contributed by atoms with Crippen molar-refractivity contribution in [3.63, 3.8) is 0 Å². The summed E-state index contributed by atoms with van der Waals surface area (Å²) in [6, 6.07) is 4.66. The highest BCUT2D eigenvalue weighted by molar-refractivity contribution is 7.09. The van der Waals surface area contributed by atoms with Crippen molar-refractivity contribution in [2.24, 2.45) is 0 Å². The van der Waals surface area contributed by atoms with Crippen LogP contribution in [0.5, 0.6) is 0 Å². The number of hydrogen-bond donors (Lipinski definition) is 0. The summed E-state index contributed by atoms with van der Waals surface area (Å²) in [5.74, 6) is 5.39. The normalized spacial score (nSPS) is 15.1. The van der Waals surface area contributed by atoms with E-state index in [0.29, 0.717) is 26.2 Å². The summed E-state index contributed by atoms with van der Waals surface area (Å²) in [7, 11) is 0. The van der Waals surface area contributed by atoms with Gasteiger partial charge in [-0.25, -0.2) is 4.98 Å². The van der Waals surface area contributed by atoms with Crippen molar-refractivity contribution in [1.82, 2.24) is 14.3 Å². The van der Waals surface area contributed by atoms with Crippen LogP contribution in [0, 0.1) is 11.8 Å². The molecule has 1 saturated heterocycles. The first kappa shape index (κ1) is 21.1.